The Hall–Kier alpha value is -0.610. The molecule has 1 rings (SSSR count). The van der Waals surface area contributed by atoms with Crippen LogP contribution in [-0.4, -0.2) is 41.7 Å². The maximum absolute atomic E-state index is 10.9. The highest BCUT2D eigenvalue weighted by atomic mass is 16.4. The zero-order chi connectivity index (χ0) is 12.1. The van der Waals surface area contributed by atoms with Gasteiger partial charge in [0.1, 0.15) is 0 Å². The molecule has 3 N–H and O–H groups in total. The number of carboxylic acid groups (broad SMARTS) is 1. The van der Waals surface area contributed by atoms with Crippen molar-refractivity contribution in [3.8, 4) is 0 Å². The fraction of sp³-hybridized carbons (Fsp3) is 0.917. The first-order chi connectivity index (χ1) is 7.60. The largest absolute Gasteiger partial charge is 0.481 e. The zero-order valence-electron chi connectivity index (χ0n) is 10.4. The summed E-state index contributed by atoms with van der Waals surface area (Å²) < 4.78 is 0. The van der Waals surface area contributed by atoms with Crippen molar-refractivity contribution in [1.82, 2.24) is 4.90 Å². The Morgan fingerprint density at radius 3 is 2.75 bits per heavy atom. The van der Waals surface area contributed by atoms with Gasteiger partial charge in [-0.3, -0.25) is 9.69 Å². The van der Waals surface area contributed by atoms with Gasteiger partial charge < -0.3 is 10.8 Å². The van der Waals surface area contributed by atoms with Gasteiger partial charge in [-0.25, -0.2) is 0 Å². The molecule has 1 aliphatic carbocycles. The van der Waals surface area contributed by atoms with E-state index in [-0.39, 0.29) is 5.92 Å². The zero-order valence-corrected chi connectivity index (χ0v) is 10.4. The van der Waals surface area contributed by atoms with Gasteiger partial charge in [-0.1, -0.05) is 20.3 Å². The highest BCUT2D eigenvalue weighted by Gasteiger charge is 2.31. The van der Waals surface area contributed by atoms with Crippen molar-refractivity contribution in [2.75, 3.05) is 19.6 Å². The second kappa shape index (κ2) is 6.21. The van der Waals surface area contributed by atoms with E-state index >= 15 is 0 Å². The molecule has 3 unspecified atom stereocenters. The van der Waals surface area contributed by atoms with Crippen LogP contribution in [0.2, 0.25) is 0 Å². The summed E-state index contributed by atoms with van der Waals surface area (Å²) in [5.41, 5.74) is 5.76. The third kappa shape index (κ3) is 3.19. The highest BCUT2D eigenvalue weighted by Crippen LogP contribution is 2.29. The first-order valence-corrected chi connectivity index (χ1v) is 6.27. The minimum Gasteiger partial charge on any atom is -0.481 e. The van der Waals surface area contributed by atoms with E-state index in [0.29, 0.717) is 18.5 Å². The first kappa shape index (κ1) is 13.5. The van der Waals surface area contributed by atoms with E-state index in [9.17, 15) is 4.79 Å². The van der Waals surface area contributed by atoms with Crippen LogP contribution in [0.4, 0.5) is 0 Å². The lowest BCUT2D eigenvalue weighted by atomic mass is 10.0. The fourth-order valence-corrected chi connectivity index (χ4v) is 2.70. The Balaban J connectivity index is 2.56. The summed E-state index contributed by atoms with van der Waals surface area (Å²) in [7, 11) is 0. The molecule has 0 aromatic rings. The number of carbonyl (C=O) groups is 1. The Kier molecular flexibility index (Phi) is 5.22. The van der Waals surface area contributed by atoms with E-state index in [2.05, 4.69) is 11.8 Å². The quantitative estimate of drug-likeness (QED) is 0.716. The molecule has 3 atom stereocenters. The van der Waals surface area contributed by atoms with Crippen LogP contribution >= 0.6 is 0 Å². The van der Waals surface area contributed by atoms with Crippen molar-refractivity contribution >= 4 is 5.97 Å². The maximum atomic E-state index is 10.9. The molecular weight excluding hydrogens is 204 g/mol. The van der Waals surface area contributed by atoms with Crippen molar-refractivity contribution in [3.63, 3.8) is 0 Å². The van der Waals surface area contributed by atoms with E-state index in [1.54, 1.807) is 6.92 Å². The summed E-state index contributed by atoms with van der Waals surface area (Å²) in [5.74, 6) is -0.444. The monoisotopic (exact) mass is 228 g/mol. The summed E-state index contributed by atoms with van der Waals surface area (Å²) >= 11 is 0. The average molecular weight is 228 g/mol. The van der Waals surface area contributed by atoms with E-state index in [1.807, 2.05) is 0 Å². The lowest BCUT2D eigenvalue weighted by Crippen LogP contribution is -2.43. The minimum absolute atomic E-state index is 0.293. The normalized spacial score (nSPS) is 27.2. The van der Waals surface area contributed by atoms with E-state index in [4.69, 9.17) is 10.8 Å². The number of aliphatic carboxylic acids is 1. The smallest absolute Gasteiger partial charge is 0.307 e. The maximum Gasteiger partial charge on any atom is 0.307 e. The van der Waals surface area contributed by atoms with Gasteiger partial charge in [0.05, 0.1) is 5.92 Å². The predicted molar refractivity (Wildman–Crippen MR) is 64.2 cm³/mol. The van der Waals surface area contributed by atoms with Crippen molar-refractivity contribution in [3.05, 3.63) is 0 Å². The van der Waals surface area contributed by atoms with Crippen LogP contribution in [0.1, 0.15) is 33.1 Å². The van der Waals surface area contributed by atoms with Crippen LogP contribution in [0.3, 0.4) is 0 Å². The van der Waals surface area contributed by atoms with Gasteiger partial charge in [0.15, 0.2) is 0 Å². The highest BCUT2D eigenvalue weighted by molar-refractivity contribution is 5.69. The lowest BCUT2D eigenvalue weighted by molar-refractivity contribution is -0.142. The topological polar surface area (TPSA) is 66.6 Å². The molecule has 0 aromatic carbocycles. The number of hydrogen-bond donors (Lipinski definition) is 2. The summed E-state index contributed by atoms with van der Waals surface area (Å²) in [5, 5.41) is 8.94. The van der Waals surface area contributed by atoms with E-state index < -0.39 is 5.97 Å². The molecule has 0 saturated heterocycles. The molecule has 1 saturated carbocycles. The van der Waals surface area contributed by atoms with Gasteiger partial charge in [0, 0.05) is 12.6 Å². The summed E-state index contributed by atoms with van der Waals surface area (Å²) in [6.07, 6.45) is 3.59. The molecule has 4 heteroatoms. The number of rotatable bonds is 6. The fourth-order valence-electron chi connectivity index (χ4n) is 2.70. The summed E-state index contributed by atoms with van der Waals surface area (Å²) in [4.78, 5) is 13.2. The Morgan fingerprint density at radius 1 is 1.56 bits per heavy atom. The molecular formula is C12H24N2O2. The molecule has 0 heterocycles. The molecule has 0 bridgehead atoms. The lowest BCUT2D eigenvalue weighted by Gasteiger charge is -2.32. The van der Waals surface area contributed by atoms with Crippen LogP contribution in [0.25, 0.3) is 0 Å². The second-order valence-corrected chi connectivity index (χ2v) is 4.82. The predicted octanol–water partition coefficient (Wildman–Crippen LogP) is 1.16. The van der Waals surface area contributed by atoms with Gasteiger partial charge in [-0.2, -0.15) is 0 Å². The van der Waals surface area contributed by atoms with Crippen LogP contribution in [0, 0.1) is 11.8 Å². The summed E-state index contributed by atoms with van der Waals surface area (Å²) in [6.45, 7) is 6.16. The summed E-state index contributed by atoms with van der Waals surface area (Å²) in [6, 6.07) is 0.497. The molecule has 16 heavy (non-hydrogen) atoms. The van der Waals surface area contributed by atoms with Crippen LogP contribution in [-0.2, 0) is 4.79 Å². The van der Waals surface area contributed by atoms with Gasteiger partial charge in [-0.15, -0.1) is 0 Å². The first-order valence-electron chi connectivity index (χ1n) is 6.27. The SMILES string of the molecule is CCN(CC(C)C(=O)O)C1CCCC1CN. The Labute approximate surface area is 97.8 Å². The third-order valence-electron chi connectivity index (χ3n) is 3.73. The molecule has 1 fully saturated rings. The van der Waals surface area contributed by atoms with Crippen molar-refractivity contribution in [2.24, 2.45) is 17.6 Å². The number of nitrogens with two attached hydrogens (primary N) is 1. The standard InChI is InChI=1S/C12H24N2O2/c1-3-14(8-9(2)12(15)16)11-6-4-5-10(11)7-13/h9-11H,3-8,13H2,1-2H3,(H,15,16). The van der Waals surface area contributed by atoms with Crippen LogP contribution in [0.5, 0.6) is 0 Å². The van der Waals surface area contributed by atoms with Gasteiger partial charge in [-0.05, 0) is 31.8 Å². The van der Waals surface area contributed by atoms with Crippen LogP contribution < -0.4 is 5.73 Å². The Bertz CT molecular complexity index is 233. The average Bonchev–Trinajstić information content (AvgIpc) is 2.73. The number of hydrogen-bond acceptors (Lipinski definition) is 3. The molecule has 0 amide bonds. The molecule has 0 radical (unpaired) electrons. The van der Waals surface area contributed by atoms with Gasteiger partial charge >= 0.3 is 5.97 Å². The third-order valence-corrected chi connectivity index (χ3v) is 3.73. The second-order valence-electron chi connectivity index (χ2n) is 4.82. The molecule has 0 spiro atoms. The number of carboxylic acids is 1. The van der Waals surface area contributed by atoms with Crippen molar-refractivity contribution in [2.45, 2.75) is 39.2 Å². The van der Waals surface area contributed by atoms with Crippen molar-refractivity contribution in [1.29, 1.82) is 0 Å². The van der Waals surface area contributed by atoms with Gasteiger partial charge in [0.2, 0.25) is 0 Å². The molecule has 1 aliphatic rings. The Morgan fingerprint density at radius 2 is 2.25 bits per heavy atom. The number of nitrogens with zero attached hydrogens (tertiary/aromatic N) is 1. The van der Waals surface area contributed by atoms with E-state index in [0.717, 1.165) is 13.1 Å². The molecule has 0 aliphatic heterocycles. The molecule has 94 valence electrons. The van der Waals surface area contributed by atoms with Gasteiger partial charge in [0.25, 0.3) is 0 Å². The van der Waals surface area contributed by atoms with Crippen molar-refractivity contribution < 1.29 is 9.90 Å². The minimum atomic E-state index is -0.708. The van der Waals surface area contributed by atoms with Crippen LogP contribution in [0.15, 0.2) is 0 Å². The molecule has 4 nitrogen and oxygen atoms in total. The molecule has 0 aromatic heterocycles. The van der Waals surface area contributed by atoms with E-state index in [1.165, 1.54) is 19.3 Å².